The maximum absolute atomic E-state index is 5.86. The lowest BCUT2D eigenvalue weighted by atomic mass is 10.0. The van der Waals surface area contributed by atoms with Gasteiger partial charge in [0.15, 0.2) is 0 Å². The smallest absolute Gasteiger partial charge is 0.142 e. The molecule has 3 rings (SSSR count). The molecule has 4 nitrogen and oxygen atoms in total. The molecule has 1 aliphatic heterocycles. The number of hydrogen-bond donors (Lipinski definition) is 3. The zero-order valence-corrected chi connectivity index (χ0v) is 11.3. The van der Waals surface area contributed by atoms with Crippen LogP contribution in [0.25, 0.3) is 0 Å². The molecule has 1 saturated heterocycles. The van der Waals surface area contributed by atoms with Crippen LogP contribution in [0.2, 0.25) is 0 Å². The highest BCUT2D eigenvalue weighted by atomic mass is 16.5. The SMILES string of the molecule is Nc1ccccc1OCC1CC(c2ccccc2)NN1. The number of hydrazine groups is 1. The lowest BCUT2D eigenvalue weighted by Crippen LogP contribution is -2.34. The number of rotatable bonds is 4. The molecular formula is C16H19N3O. The van der Waals surface area contributed by atoms with Crippen molar-refractivity contribution in [2.75, 3.05) is 12.3 Å². The Bertz CT molecular complexity index is 559. The van der Waals surface area contributed by atoms with Gasteiger partial charge in [-0.2, -0.15) is 0 Å². The Morgan fingerprint density at radius 3 is 2.55 bits per heavy atom. The maximum Gasteiger partial charge on any atom is 0.142 e. The van der Waals surface area contributed by atoms with Gasteiger partial charge >= 0.3 is 0 Å². The van der Waals surface area contributed by atoms with Crippen LogP contribution >= 0.6 is 0 Å². The van der Waals surface area contributed by atoms with E-state index in [4.69, 9.17) is 10.5 Å². The second-order valence-electron chi connectivity index (χ2n) is 5.03. The molecule has 0 aliphatic carbocycles. The molecule has 20 heavy (non-hydrogen) atoms. The predicted octanol–water partition coefficient (Wildman–Crippen LogP) is 2.26. The molecule has 0 spiro atoms. The molecule has 1 fully saturated rings. The Hall–Kier alpha value is -2.04. The largest absolute Gasteiger partial charge is 0.490 e. The van der Waals surface area contributed by atoms with E-state index in [1.165, 1.54) is 5.56 Å². The van der Waals surface area contributed by atoms with E-state index in [1.807, 2.05) is 30.3 Å². The van der Waals surface area contributed by atoms with Crippen LogP contribution in [0, 0.1) is 0 Å². The van der Waals surface area contributed by atoms with E-state index in [0.717, 1.165) is 12.2 Å². The molecule has 1 heterocycles. The van der Waals surface area contributed by atoms with Crippen LogP contribution in [0.1, 0.15) is 18.0 Å². The third kappa shape index (κ3) is 2.92. The molecule has 0 radical (unpaired) electrons. The summed E-state index contributed by atoms with van der Waals surface area (Å²) < 4.78 is 5.78. The summed E-state index contributed by atoms with van der Waals surface area (Å²) in [5, 5.41) is 0. The van der Waals surface area contributed by atoms with Crippen LogP contribution in [0.3, 0.4) is 0 Å². The van der Waals surface area contributed by atoms with Gasteiger partial charge in [-0.3, -0.25) is 5.43 Å². The van der Waals surface area contributed by atoms with Gasteiger partial charge in [-0.1, -0.05) is 42.5 Å². The van der Waals surface area contributed by atoms with Crippen molar-refractivity contribution in [1.29, 1.82) is 0 Å². The third-order valence-corrected chi connectivity index (χ3v) is 3.54. The van der Waals surface area contributed by atoms with Crippen molar-refractivity contribution in [3.63, 3.8) is 0 Å². The Balaban J connectivity index is 1.55. The summed E-state index contributed by atoms with van der Waals surface area (Å²) in [6.07, 6.45) is 0.997. The second-order valence-corrected chi connectivity index (χ2v) is 5.03. The van der Waals surface area contributed by atoms with E-state index < -0.39 is 0 Å². The predicted molar refractivity (Wildman–Crippen MR) is 80.2 cm³/mol. The van der Waals surface area contributed by atoms with E-state index in [2.05, 4.69) is 35.1 Å². The van der Waals surface area contributed by atoms with Crippen LogP contribution in [-0.2, 0) is 0 Å². The molecule has 0 aromatic heterocycles. The number of benzene rings is 2. The summed E-state index contributed by atoms with van der Waals surface area (Å²) in [6, 6.07) is 18.6. The van der Waals surface area contributed by atoms with E-state index >= 15 is 0 Å². The first-order valence-corrected chi connectivity index (χ1v) is 6.86. The summed E-state index contributed by atoms with van der Waals surface area (Å²) in [7, 11) is 0. The number of hydrogen-bond acceptors (Lipinski definition) is 4. The van der Waals surface area contributed by atoms with Crippen LogP contribution in [0.4, 0.5) is 5.69 Å². The normalized spacial score (nSPS) is 21.8. The second kappa shape index (κ2) is 5.94. The van der Waals surface area contributed by atoms with Gasteiger partial charge in [0, 0.05) is 6.04 Å². The van der Waals surface area contributed by atoms with Crippen molar-refractivity contribution in [1.82, 2.24) is 10.9 Å². The fourth-order valence-corrected chi connectivity index (χ4v) is 2.44. The number of anilines is 1. The zero-order valence-electron chi connectivity index (χ0n) is 11.3. The minimum Gasteiger partial charge on any atom is -0.490 e. The zero-order chi connectivity index (χ0) is 13.8. The molecule has 4 N–H and O–H groups in total. The highest BCUT2D eigenvalue weighted by Crippen LogP contribution is 2.24. The van der Waals surface area contributed by atoms with E-state index in [-0.39, 0.29) is 6.04 Å². The summed E-state index contributed by atoms with van der Waals surface area (Å²) >= 11 is 0. The minimum atomic E-state index is 0.278. The van der Waals surface area contributed by atoms with E-state index in [9.17, 15) is 0 Å². The van der Waals surface area contributed by atoms with E-state index in [0.29, 0.717) is 18.3 Å². The van der Waals surface area contributed by atoms with Crippen molar-refractivity contribution in [3.05, 3.63) is 60.2 Å². The Morgan fingerprint density at radius 2 is 1.75 bits per heavy atom. The first-order chi connectivity index (χ1) is 9.83. The van der Waals surface area contributed by atoms with Crippen LogP contribution < -0.4 is 21.3 Å². The molecule has 0 saturated carbocycles. The average molecular weight is 269 g/mol. The monoisotopic (exact) mass is 269 g/mol. The average Bonchev–Trinajstić information content (AvgIpc) is 2.96. The third-order valence-electron chi connectivity index (χ3n) is 3.54. The van der Waals surface area contributed by atoms with Crippen LogP contribution in [0.15, 0.2) is 54.6 Å². The molecule has 0 bridgehead atoms. The van der Waals surface area contributed by atoms with Gasteiger partial charge in [0.2, 0.25) is 0 Å². The molecule has 4 heteroatoms. The Kier molecular flexibility index (Phi) is 3.85. The lowest BCUT2D eigenvalue weighted by Gasteiger charge is -2.13. The van der Waals surface area contributed by atoms with Gasteiger partial charge < -0.3 is 10.5 Å². The highest BCUT2D eigenvalue weighted by Gasteiger charge is 2.25. The molecule has 2 aromatic carbocycles. The Morgan fingerprint density at radius 1 is 1.00 bits per heavy atom. The standard InChI is InChI=1S/C16H19N3O/c17-14-8-4-5-9-16(14)20-11-13-10-15(19-18-13)12-6-2-1-3-7-12/h1-9,13,15,18-19H,10-11,17H2. The lowest BCUT2D eigenvalue weighted by molar-refractivity contribution is 0.274. The van der Waals surface area contributed by atoms with Crippen molar-refractivity contribution in [2.45, 2.75) is 18.5 Å². The summed E-state index contributed by atoms with van der Waals surface area (Å²) in [4.78, 5) is 0. The van der Waals surface area contributed by atoms with Crippen LogP contribution in [-0.4, -0.2) is 12.6 Å². The number of nitrogen functional groups attached to an aromatic ring is 1. The molecule has 1 aliphatic rings. The van der Waals surface area contributed by atoms with Gasteiger partial charge in [-0.25, -0.2) is 5.43 Å². The van der Waals surface area contributed by atoms with Crippen LogP contribution in [0.5, 0.6) is 5.75 Å². The molecule has 2 atom stereocenters. The van der Waals surface area contributed by atoms with Crippen molar-refractivity contribution < 1.29 is 4.74 Å². The Labute approximate surface area is 118 Å². The minimum absolute atomic E-state index is 0.278. The fourth-order valence-electron chi connectivity index (χ4n) is 2.44. The van der Waals surface area contributed by atoms with Crippen molar-refractivity contribution >= 4 is 5.69 Å². The first kappa shape index (κ1) is 13.0. The topological polar surface area (TPSA) is 59.3 Å². The molecule has 0 amide bonds. The molecule has 104 valence electrons. The van der Waals surface area contributed by atoms with Gasteiger partial charge in [0.25, 0.3) is 0 Å². The molecular weight excluding hydrogens is 250 g/mol. The van der Waals surface area contributed by atoms with Gasteiger partial charge in [-0.15, -0.1) is 0 Å². The van der Waals surface area contributed by atoms with Gasteiger partial charge in [0.05, 0.1) is 11.7 Å². The summed E-state index contributed by atoms with van der Waals surface area (Å²) in [5.41, 5.74) is 14.4. The number of ether oxygens (including phenoxy) is 1. The van der Waals surface area contributed by atoms with Gasteiger partial charge in [-0.05, 0) is 24.1 Å². The summed E-state index contributed by atoms with van der Waals surface area (Å²) in [5.74, 6) is 0.748. The molecule has 2 aromatic rings. The number of nitrogens with one attached hydrogen (secondary N) is 2. The fraction of sp³-hybridized carbons (Fsp3) is 0.250. The number of para-hydroxylation sites is 2. The maximum atomic E-state index is 5.86. The summed E-state index contributed by atoms with van der Waals surface area (Å²) in [6.45, 7) is 0.602. The van der Waals surface area contributed by atoms with Gasteiger partial charge in [0.1, 0.15) is 12.4 Å². The van der Waals surface area contributed by atoms with Crippen molar-refractivity contribution in [3.8, 4) is 5.75 Å². The quantitative estimate of drug-likeness (QED) is 0.745. The molecule has 2 unspecified atom stereocenters. The number of nitrogens with two attached hydrogens (primary N) is 1. The van der Waals surface area contributed by atoms with E-state index in [1.54, 1.807) is 0 Å². The van der Waals surface area contributed by atoms with Crippen molar-refractivity contribution in [2.24, 2.45) is 0 Å². The highest BCUT2D eigenvalue weighted by molar-refractivity contribution is 5.51. The first-order valence-electron chi connectivity index (χ1n) is 6.86.